The van der Waals surface area contributed by atoms with Crippen molar-refractivity contribution in [2.24, 2.45) is 0 Å². The van der Waals surface area contributed by atoms with E-state index in [9.17, 15) is 14.7 Å². The number of amides is 1. The van der Waals surface area contributed by atoms with Crippen molar-refractivity contribution in [3.8, 4) is 0 Å². The van der Waals surface area contributed by atoms with E-state index in [4.69, 9.17) is 0 Å². The van der Waals surface area contributed by atoms with Gasteiger partial charge >= 0.3 is 5.97 Å². The van der Waals surface area contributed by atoms with Gasteiger partial charge in [-0.05, 0) is 36.5 Å². The molecule has 1 heterocycles. The molecule has 0 bridgehead atoms. The number of hydrogen-bond acceptors (Lipinski definition) is 2. The highest BCUT2D eigenvalue weighted by Gasteiger charge is 2.22. The lowest BCUT2D eigenvalue weighted by Gasteiger charge is -2.16. The quantitative estimate of drug-likeness (QED) is 0.550. The lowest BCUT2D eigenvalue weighted by Crippen LogP contribution is -2.42. The molecule has 146 valence electrons. The van der Waals surface area contributed by atoms with Crippen LogP contribution in [0, 0.1) is 6.92 Å². The topological polar surface area (TPSA) is 82.2 Å². The minimum atomic E-state index is -1.02. The lowest BCUT2D eigenvalue weighted by molar-refractivity contribution is -0.141. The average molecular weight is 378 g/mol. The summed E-state index contributed by atoms with van der Waals surface area (Å²) in [5.74, 6) is -1.01. The SMILES string of the molecule is Cc1ccc([C@@H](C)CCC(=O)N[C@H](Cc2c[nH]c3ccccc23)C(=O)O)cc1. The Morgan fingerprint density at radius 1 is 1.11 bits per heavy atom. The molecular weight excluding hydrogens is 352 g/mol. The number of carboxylic acids is 1. The first kappa shape index (κ1) is 19.7. The summed E-state index contributed by atoms with van der Waals surface area (Å²) in [5, 5.41) is 13.2. The fourth-order valence-electron chi connectivity index (χ4n) is 3.40. The summed E-state index contributed by atoms with van der Waals surface area (Å²) in [6.07, 6.45) is 3.03. The van der Waals surface area contributed by atoms with Gasteiger partial charge in [0.05, 0.1) is 0 Å². The monoisotopic (exact) mass is 378 g/mol. The number of aliphatic carboxylic acids is 1. The number of H-pyrrole nitrogens is 1. The van der Waals surface area contributed by atoms with Crippen molar-refractivity contribution < 1.29 is 14.7 Å². The van der Waals surface area contributed by atoms with Gasteiger partial charge in [-0.25, -0.2) is 4.79 Å². The minimum absolute atomic E-state index is 0.230. The molecule has 3 aromatic rings. The first-order valence-corrected chi connectivity index (χ1v) is 9.57. The van der Waals surface area contributed by atoms with Crippen LogP contribution in [0.4, 0.5) is 0 Å². The van der Waals surface area contributed by atoms with Crippen molar-refractivity contribution >= 4 is 22.8 Å². The normalized spacial score (nSPS) is 13.2. The van der Waals surface area contributed by atoms with Crippen molar-refractivity contribution in [1.29, 1.82) is 0 Å². The summed E-state index contributed by atoms with van der Waals surface area (Å²) in [6.45, 7) is 4.13. The van der Waals surface area contributed by atoms with E-state index in [0.717, 1.165) is 16.5 Å². The van der Waals surface area contributed by atoms with Crippen LogP contribution in [-0.4, -0.2) is 28.0 Å². The van der Waals surface area contributed by atoms with Crippen molar-refractivity contribution in [1.82, 2.24) is 10.3 Å². The number of aryl methyl sites for hydroxylation is 1. The number of aromatic amines is 1. The van der Waals surface area contributed by atoms with Gasteiger partial charge in [-0.15, -0.1) is 0 Å². The van der Waals surface area contributed by atoms with Gasteiger partial charge in [-0.1, -0.05) is 55.0 Å². The Morgan fingerprint density at radius 3 is 2.54 bits per heavy atom. The van der Waals surface area contributed by atoms with E-state index in [1.54, 1.807) is 0 Å². The molecule has 0 saturated heterocycles. The van der Waals surface area contributed by atoms with Crippen LogP contribution in [0.25, 0.3) is 10.9 Å². The smallest absolute Gasteiger partial charge is 0.326 e. The predicted molar refractivity (Wildman–Crippen MR) is 110 cm³/mol. The zero-order valence-electron chi connectivity index (χ0n) is 16.2. The van der Waals surface area contributed by atoms with Gasteiger partial charge in [0.1, 0.15) is 6.04 Å². The summed E-state index contributed by atoms with van der Waals surface area (Å²) >= 11 is 0. The second-order valence-corrected chi connectivity index (χ2v) is 7.37. The number of fused-ring (bicyclic) bond motifs is 1. The van der Waals surface area contributed by atoms with Gasteiger partial charge in [0, 0.05) is 29.9 Å². The van der Waals surface area contributed by atoms with Crippen LogP contribution in [0.2, 0.25) is 0 Å². The number of carbonyl (C=O) groups excluding carboxylic acids is 1. The molecule has 2 atom stereocenters. The number of para-hydroxylation sites is 1. The molecule has 1 amide bonds. The van der Waals surface area contributed by atoms with Crippen LogP contribution in [-0.2, 0) is 16.0 Å². The zero-order valence-corrected chi connectivity index (χ0v) is 16.2. The number of hydrogen-bond donors (Lipinski definition) is 3. The fourth-order valence-corrected chi connectivity index (χ4v) is 3.40. The first-order valence-electron chi connectivity index (χ1n) is 9.57. The van der Waals surface area contributed by atoms with Gasteiger partial charge in [-0.3, -0.25) is 4.79 Å². The van der Waals surface area contributed by atoms with E-state index in [1.807, 2.05) is 37.4 Å². The second-order valence-electron chi connectivity index (χ2n) is 7.37. The Labute approximate surface area is 164 Å². The zero-order chi connectivity index (χ0) is 20.1. The van der Waals surface area contributed by atoms with Gasteiger partial charge < -0.3 is 15.4 Å². The Kier molecular flexibility index (Phi) is 6.14. The third-order valence-corrected chi connectivity index (χ3v) is 5.18. The van der Waals surface area contributed by atoms with Crippen LogP contribution in [0.1, 0.15) is 42.4 Å². The molecule has 0 aliphatic heterocycles. The summed E-state index contributed by atoms with van der Waals surface area (Å²) in [5.41, 5.74) is 4.23. The molecule has 0 unspecified atom stereocenters. The number of aromatic nitrogens is 1. The Morgan fingerprint density at radius 2 is 1.82 bits per heavy atom. The molecule has 0 radical (unpaired) electrons. The Bertz CT molecular complexity index is 959. The minimum Gasteiger partial charge on any atom is -0.480 e. The number of rotatable bonds is 8. The third-order valence-electron chi connectivity index (χ3n) is 5.18. The van der Waals surface area contributed by atoms with Crippen molar-refractivity contribution in [3.63, 3.8) is 0 Å². The first-order chi connectivity index (χ1) is 13.4. The molecule has 3 rings (SSSR count). The van der Waals surface area contributed by atoms with E-state index in [2.05, 4.69) is 41.5 Å². The number of carboxylic acid groups (broad SMARTS) is 1. The highest BCUT2D eigenvalue weighted by Crippen LogP contribution is 2.22. The molecule has 0 aliphatic carbocycles. The predicted octanol–water partition coefficient (Wildman–Crippen LogP) is 4.17. The number of nitrogens with one attached hydrogen (secondary N) is 2. The van der Waals surface area contributed by atoms with Gasteiger partial charge in [0.25, 0.3) is 0 Å². The van der Waals surface area contributed by atoms with Crippen LogP contribution in [0.3, 0.4) is 0 Å². The lowest BCUT2D eigenvalue weighted by atomic mass is 9.95. The highest BCUT2D eigenvalue weighted by atomic mass is 16.4. The summed E-state index contributed by atoms with van der Waals surface area (Å²) in [4.78, 5) is 27.2. The van der Waals surface area contributed by atoms with E-state index in [-0.39, 0.29) is 18.2 Å². The van der Waals surface area contributed by atoms with E-state index in [1.165, 1.54) is 11.1 Å². The van der Waals surface area contributed by atoms with Crippen molar-refractivity contribution in [3.05, 3.63) is 71.4 Å². The molecule has 0 fully saturated rings. The van der Waals surface area contributed by atoms with E-state index < -0.39 is 12.0 Å². The number of carbonyl (C=O) groups is 2. The standard InChI is InChI=1S/C23H26N2O3/c1-15-7-10-17(11-8-15)16(2)9-12-22(26)25-21(23(27)28)13-18-14-24-20-6-4-3-5-19(18)20/h3-8,10-11,14,16,21,24H,9,12-13H2,1-2H3,(H,25,26)(H,27,28)/t16-,21+/m0/s1. The molecule has 1 aromatic heterocycles. The molecule has 0 spiro atoms. The second kappa shape index (κ2) is 8.74. The van der Waals surface area contributed by atoms with Crippen LogP contribution < -0.4 is 5.32 Å². The van der Waals surface area contributed by atoms with Gasteiger partial charge in [-0.2, -0.15) is 0 Å². The molecule has 5 nitrogen and oxygen atoms in total. The Hall–Kier alpha value is -3.08. The van der Waals surface area contributed by atoms with Crippen LogP contribution >= 0.6 is 0 Å². The van der Waals surface area contributed by atoms with Gasteiger partial charge in [0.2, 0.25) is 5.91 Å². The summed E-state index contributed by atoms with van der Waals surface area (Å²) in [7, 11) is 0. The molecule has 0 aliphatic rings. The van der Waals surface area contributed by atoms with Crippen molar-refractivity contribution in [2.45, 2.75) is 45.1 Å². The summed E-state index contributed by atoms with van der Waals surface area (Å²) < 4.78 is 0. The molecule has 5 heteroatoms. The Balaban J connectivity index is 1.58. The maximum Gasteiger partial charge on any atom is 0.326 e. The molecule has 2 aromatic carbocycles. The number of benzene rings is 2. The third kappa shape index (κ3) is 4.80. The molecular formula is C23H26N2O3. The molecule has 3 N–H and O–H groups in total. The largest absolute Gasteiger partial charge is 0.480 e. The van der Waals surface area contributed by atoms with Crippen LogP contribution in [0.15, 0.2) is 54.7 Å². The van der Waals surface area contributed by atoms with E-state index in [0.29, 0.717) is 12.8 Å². The fraction of sp³-hybridized carbons (Fsp3) is 0.304. The molecule has 28 heavy (non-hydrogen) atoms. The van der Waals surface area contributed by atoms with Gasteiger partial charge in [0.15, 0.2) is 0 Å². The van der Waals surface area contributed by atoms with Crippen molar-refractivity contribution in [2.75, 3.05) is 0 Å². The maximum absolute atomic E-state index is 12.4. The highest BCUT2D eigenvalue weighted by molar-refractivity contribution is 5.86. The maximum atomic E-state index is 12.4. The molecule has 0 saturated carbocycles. The summed E-state index contributed by atoms with van der Waals surface area (Å²) in [6, 6.07) is 15.1. The average Bonchev–Trinajstić information content (AvgIpc) is 3.09. The van der Waals surface area contributed by atoms with E-state index >= 15 is 0 Å². The van der Waals surface area contributed by atoms with Crippen LogP contribution in [0.5, 0.6) is 0 Å².